The van der Waals surface area contributed by atoms with Crippen LogP contribution in [0, 0.1) is 0 Å². The van der Waals surface area contributed by atoms with Crippen LogP contribution in [0.4, 0.5) is 4.79 Å². The summed E-state index contributed by atoms with van der Waals surface area (Å²) in [7, 11) is 0. The van der Waals surface area contributed by atoms with E-state index in [1.165, 1.54) is 6.42 Å². The molecule has 0 saturated carbocycles. The number of amides is 1. The van der Waals surface area contributed by atoms with E-state index < -0.39 is 0 Å². The van der Waals surface area contributed by atoms with Crippen LogP contribution in [-0.2, 0) is 20.8 Å². The summed E-state index contributed by atoms with van der Waals surface area (Å²) in [5, 5.41) is 0. The number of nitrogens with zero attached hydrogens (tertiary/aromatic N) is 1. The first kappa shape index (κ1) is 25.4. The molecule has 5 nitrogen and oxygen atoms in total. The maximum atomic E-state index is 12.4. The lowest BCUT2D eigenvalue weighted by molar-refractivity contribution is -0.0653. The molecule has 1 aliphatic heterocycles. The van der Waals surface area contributed by atoms with E-state index in [0.29, 0.717) is 25.8 Å². The molecule has 0 bridgehead atoms. The molecule has 1 amide bonds. The minimum atomic E-state index is -0.224. The first-order valence-corrected chi connectivity index (χ1v) is 12.9. The predicted octanol–water partition coefficient (Wildman–Crippen LogP) is 5.98. The van der Waals surface area contributed by atoms with Crippen LogP contribution in [0.2, 0.25) is 0 Å². The van der Waals surface area contributed by atoms with Crippen LogP contribution in [0.1, 0.15) is 64.4 Å². The van der Waals surface area contributed by atoms with E-state index in [2.05, 4.69) is 36.4 Å². The van der Waals surface area contributed by atoms with Crippen molar-refractivity contribution in [2.24, 2.45) is 0 Å². The van der Waals surface area contributed by atoms with Crippen LogP contribution >= 0.6 is 22.6 Å². The van der Waals surface area contributed by atoms with Gasteiger partial charge in [0.1, 0.15) is 6.61 Å². The fourth-order valence-electron chi connectivity index (χ4n) is 3.56. The Bertz CT molecular complexity index is 590. The van der Waals surface area contributed by atoms with Crippen LogP contribution in [0.15, 0.2) is 30.3 Å². The molecule has 170 valence electrons. The van der Waals surface area contributed by atoms with Crippen LogP contribution in [0.25, 0.3) is 0 Å². The van der Waals surface area contributed by atoms with Crippen molar-refractivity contribution in [1.29, 1.82) is 0 Å². The Hall–Kier alpha value is -0.860. The van der Waals surface area contributed by atoms with Gasteiger partial charge in [-0.3, -0.25) is 0 Å². The second kappa shape index (κ2) is 14.2. The zero-order valence-electron chi connectivity index (χ0n) is 18.6. The number of hydrogen-bond donors (Lipinski definition) is 0. The second-order valence-corrected chi connectivity index (χ2v) is 8.99. The van der Waals surface area contributed by atoms with Gasteiger partial charge in [-0.2, -0.15) is 0 Å². The first-order chi connectivity index (χ1) is 14.6. The molecular formula is C24H38INO4. The third-order valence-electron chi connectivity index (χ3n) is 5.70. The molecule has 1 aromatic carbocycles. The van der Waals surface area contributed by atoms with Gasteiger partial charge in [0.05, 0.1) is 11.7 Å². The van der Waals surface area contributed by atoms with E-state index in [1.54, 1.807) is 0 Å². The Kier molecular flexibility index (Phi) is 12.1. The van der Waals surface area contributed by atoms with Crippen molar-refractivity contribution in [1.82, 2.24) is 4.90 Å². The minimum absolute atomic E-state index is 0.111. The quantitative estimate of drug-likeness (QED) is 0.178. The molecule has 1 heterocycles. The lowest BCUT2D eigenvalue weighted by Gasteiger charge is -2.40. The van der Waals surface area contributed by atoms with Gasteiger partial charge in [0.15, 0.2) is 0 Å². The highest BCUT2D eigenvalue weighted by molar-refractivity contribution is 14.1. The number of rotatable bonds is 13. The molecule has 1 saturated heterocycles. The molecule has 1 aromatic rings. The molecule has 0 aromatic heterocycles. The SMILES string of the molecule is CCCCO[C@H](C)CCCCOC1(CI)CCN(C(=O)OCc2ccccc2)CC1. The fourth-order valence-corrected chi connectivity index (χ4v) is 4.54. The Labute approximate surface area is 196 Å². The molecular weight excluding hydrogens is 493 g/mol. The average Bonchev–Trinajstić information content (AvgIpc) is 2.78. The summed E-state index contributed by atoms with van der Waals surface area (Å²) < 4.78 is 18.6. The van der Waals surface area contributed by atoms with E-state index in [0.717, 1.165) is 61.7 Å². The summed E-state index contributed by atoms with van der Waals surface area (Å²) in [6, 6.07) is 9.81. The number of ether oxygens (including phenoxy) is 3. The Balaban J connectivity index is 1.62. The maximum Gasteiger partial charge on any atom is 0.410 e. The lowest BCUT2D eigenvalue weighted by atomic mass is 9.93. The van der Waals surface area contributed by atoms with Crippen molar-refractivity contribution in [2.45, 2.75) is 77.1 Å². The maximum absolute atomic E-state index is 12.4. The second-order valence-electron chi connectivity index (χ2n) is 8.22. The van der Waals surface area contributed by atoms with Crippen molar-refractivity contribution in [3.05, 3.63) is 35.9 Å². The lowest BCUT2D eigenvalue weighted by Crippen LogP contribution is -2.49. The molecule has 30 heavy (non-hydrogen) atoms. The highest BCUT2D eigenvalue weighted by Crippen LogP contribution is 2.29. The summed E-state index contributed by atoms with van der Waals surface area (Å²) in [4.78, 5) is 14.2. The smallest absolute Gasteiger partial charge is 0.410 e. The van der Waals surface area contributed by atoms with Crippen LogP contribution < -0.4 is 0 Å². The summed E-state index contributed by atoms with van der Waals surface area (Å²) in [5.74, 6) is 0. The van der Waals surface area contributed by atoms with E-state index in [4.69, 9.17) is 14.2 Å². The van der Waals surface area contributed by atoms with Gasteiger partial charge in [0.25, 0.3) is 0 Å². The minimum Gasteiger partial charge on any atom is -0.445 e. The van der Waals surface area contributed by atoms with Crippen molar-refractivity contribution in [2.75, 3.05) is 30.7 Å². The van der Waals surface area contributed by atoms with Gasteiger partial charge in [0.2, 0.25) is 0 Å². The normalized spacial score (nSPS) is 17.0. The molecule has 1 fully saturated rings. The van der Waals surface area contributed by atoms with Crippen molar-refractivity contribution < 1.29 is 19.0 Å². The topological polar surface area (TPSA) is 48.0 Å². The van der Waals surface area contributed by atoms with Gasteiger partial charge in [-0.05, 0) is 51.0 Å². The molecule has 0 aliphatic carbocycles. The van der Waals surface area contributed by atoms with Crippen LogP contribution in [0.5, 0.6) is 0 Å². The third kappa shape index (κ3) is 9.10. The average molecular weight is 531 g/mol. The number of benzene rings is 1. The monoisotopic (exact) mass is 531 g/mol. The number of unbranched alkanes of at least 4 members (excludes halogenated alkanes) is 2. The van der Waals surface area contributed by atoms with Crippen LogP contribution in [-0.4, -0.2) is 53.4 Å². The Morgan fingerprint density at radius 2 is 1.87 bits per heavy atom. The first-order valence-electron chi connectivity index (χ1n) is 11.4. The van der Waals surface area contributed by atoms with Gasteiger partial charge < -0.3 is 19.1 Å². The third-order valence-corrected chi connectivity index (χ3v) is 7.09. The van der Waals surface area contributed by atoms with Gasteiger partial charge in [-0.25, -0.2) is 4.79 Å². The summed E-state index contributed by atoms with van der Waals surface area (Å²) in [5.41, 5.74) is 0.901. The number of piperidine rings is 1. The molecule has 2 rings (SSSR count). The highest BCUT2D eigenvalue weighted by Gasteiger charge is 2.36. The van der Waals surface area contributed by atoms with E-state index >= 15 is 0 Å². The van der Waals surface area contributed by atoms with E-state index in [-0.39, 0.29) is 11.7 Å². The van der Waals surface area contributed by atoms with E-state index in [9.17, 15) is 4.79 Å². The molecule has 6 heteroatoms. The van der Waals surface area contributed by atoms with Gasteiger partial charge in [0, 0.05) is 30.7 Å². The standard InChI is InChI=1S/C24H38INO4/c1-3-4-17-28-21(2)10-8-9-18-30-24(20-25)13-15-26(16-14-24)23(27)29-19-22-11-6-5-7-12-22/h5-7,11-12,21H,3-4,8-10,13-20H2,1-2H3/t21-/m1/s1. The van der Waals surface area contributed by atoms with E-state index in [1.807, 2.05) is 35.2 Å². The van der Waals surface area contributed by atoms with Crippen LogP contribution in [0.3, 0.4) is 0 Å². The largest absolute Gasteiger partial charge is 0.445 e. The number of alkyl halides is 1. The predicted molar refractivity (Wildman–Crippen MR) is 129 cm³/mol. The fraction of sp³-hybridized carbons (Fsp3) is 0.708. The number of likely N-dealkylation sites (tertiary alicyclic amines) is 1. The molecule has 0 radical (unpaired) electrons. The summed E-state index contributed by atoms with van der Waals surface area (Å²) >= 11 is 2.42. The molecule has 1 atom stereocenters. The van der Waals surface area contributed by atoms with Gasteiger partial charge in [-0.1, -0.05) is 66.3 Å². The summed E-state index contributed by atoms with van der Waals surface area (Å²) in [6.07, 6.45) is 7.44. The number of carbonyl (C=O) groups is 1. The number of halogens is 1. The molecule has 0 spiro atoms. The molecule has 1 aliphatic rings. The Morgan fingerprint density at radius 1 is 1.13 bits per heavy atom. The summed E-state index contributed by atoms with van der Waals surface area (Å²) in [6.45, 7) is 7.71. The van der Waals surface area contributed by atoms with Gasteiger partial charge >= 0.3 is 6.09 Å². The zero-order valence-corrected chi connectivity index (χ0v) is 20.8. The number of carbonyl (C=O) groups excluding carboxylic acids is 1. The van der Waals surface area contributed by atoms with Crippen molar-refractivity contribution >= 4 is 28.7 Å². The van der Waals surface area contributed by atoms with Gasteiger partial charge in [-0.15, -0.1) is 0 Å². The number of hydrogen-bond acceptors (Lipinski definition) is 4. The molecule has 0 unspecified atom stereocenters. The zero-order chi connectivity index (χ0) is 21.7. The Morgan fingerprint density at radius 3 is 2.53 bits per heavy atom. The van der Waals surface area contributed by atoms with Crippen molar-refractivity contribution in [3.63, 3.8) is 0 Å². The molecule has 0 N–H and O–H groups in total. The van der Waals surface area contributed by atoms with Crippen molar-refractivity contribution in [3.8, 4) is 0 Å². The highest BCUT2D eigenvalue weighted by atomic mass is 127.